The minimum absolute atomic E-state index is 0.851. The maximum atomic E-state index is 2.43. The molecular formula is C19H28. The molecule has 0 aromatic heterocycles. The predicted octanol–water partition coefficient (Wildman–Crippen LogP) is 6.03. The summed E-state index contributed by atoms with van der Waals surface area (Å²) in [6.45, 7) is 2.32. The van der Waals surface area contributed by atoms with Gasteiger partial charge in [0.2, 0.25) is 0 Å². The Labute approximate surface area is 118 Å². The van der Waals surface area contributed by atoms with E-state index in [2.05, 4.69) is 31.2 Å². The van der Waals surface area contributed by atoms with Crippen LogP contribution < -0.4 is 0 Å². The maximum Gasteiger partial charge on any atom is -0.0162 e. The SMILES string of the molecule is CCCC1CCC(c2ccc(C3CCC3)cc2)CC1. The zero-order chi connectivity index (χ0) is 13.1. The fourth-order valence-corrected chi connectivity index (χ4v) is 3.97. The summed E-state index contributed by atoms with van der Waals surface area (Å²) in [6, 6.07) is 9.69. The number of benzene rings is 1. The van der Waals surface area contributed by atoms with E-state index >= 15 is 0 Å². The third-order valence-corrected chi connectivity index (χ3v) is 5.53. The molecule has 19 heavy (non-hydrogen) atoms. The Balaban J connectivity index is 1.57. The zero-order valence-electron chi connectivity index (χ0n) is 12.4. The van der Waals surface area contributed by atoms with Crippen molar-refractivity contribution in [3.63, 3.8) is 0 Å². The highest BCUT2D eigenvalue weighted by molar-refractivity contribution is 5.29. The molecule has 0 bridgehead atoms. The highest BCUT2D eigenvalue weighted by Crippen LogP contribution is 2.39. The van der Waals surface area contributed by atoms with Gasteiger partial charge in [-0.05, 0) is 67.4 Å². The molecule has 104 valence electrons. The average molecular weight is 256 g/mol. The Bertz CT molecular complexity index is 377. The highest BCUT2D eigenvalue weighted by Gasteiger charge is 2.23. The summed E-state index contributed by atoms with van der Waals surface area (Å²) >= 11 is 0. The molecule has 2 fully saturated rings. The molecule has 0 saturated heterocycles. The van der Waals surface area contributed by atoms with Gasteiger partial charge >= 0.3 is 0 Å². The van der Waals surface area contributed by atoms with Gasteiger partial charge in [0.05, 0.1) is 0 Å². The monoisotopic (exact) mass is 256 g/mol. The molecule has 1 aromatic carbocycles. The number of hydrogen-bond donors (Lipinski definition) is 0. The Morgan fingerprint density at radius 3 is 1.74 bits per heavy atom. The van der Waals surface area contributed by atoms with Crippen molar-refractivity contribution >= 4 is 0 Å². The van der Waals surface area contributed by atoms with E-state index in [1.165, 1.54) is 57.8 Å². The minimum Gasteiger partial charge on any atom is -0.0654 e. The smallest absolute Gasteiger partial charge is 0.0162 e. The molecular weight excluding hydrogens is 228 g/mol. The van der Waals surface area contributed by atoms with E-state index in [4.69, 9.17) is 0 Å². The lowest BCUT2D eigenvalue weighted by Crippen LogP contribution is -2.13. The first-order valence-electron chi connectivity index (χ1n) is 8.46. The summed E-state index contributed by atoms with van der Waals surface area (Å²) in [5, 5.41) is 0. The fourth-order valence-electron chi connectivity index (χ4n) is 3.97. The van der Waals surface area contributed by atoms with Gasteiger partial charge in [-0.2, -0.15) is 0 Å². The van der Waals surface area contributed by atoms with E-state index in [1.54, 1.807) is 11.1 Å². The van der Waals surface area contributed by atoms with Crippen molar-refractivity contribution in [3.8, 4) is 0 Å². The van der Waals surface area contributed by atoms with Crippen LogP contribution in [0.25, 0.3) is 0 Å². The van der Waals surface area contributed by atoms with E-state index < -0.39 is 0 Å². The summed E-state index contributed by atoms with van der Waals surface area (Å²) in [4.78, 5) is 0. The van der Waals surface area contributed by atoms with Crippen molar-refractivity contribution in [2.45, 2.75) is 76.5 Å². The van der Waals surface area contributed by atoms with Gasteiger partial charge in [-0.15, -0.1) is 0 Å². The van der Waals surface area contributed by atoms with E-state index in [1.807, 2.05) is 0 Å². The van der Waals surface area contributed by atoms with Crippen molar-refractivity contribution in [1.82, 2.24) is 0 Å². The largest absolute Gasteiger partial charge is 0.0654 e. The van der Waals surface area contributed by atoms with Gasteiger partial charge in [-0.1, -0.05) is 50.5 Å². The molecule has 0 unspecified atom stereocenters. The van der Waals surface area contributed by atoms with Gasteiger partial charge in [-0.25, -0.2) is 0 Å². The molecule has 2 aliphatic carbocycles. The Hall–Kier alpha value is -0.780. The summed E-state index contributed by atoms with van der Waals surface area (Å²) in [5.41, 5.74) is 3.20. The van der Waals surface area contributed by atoms with Crippen LogP contribution >= 0.6 is 0 Å². The Kier molecular flexibility index (Phi) is 4.25. The number of rotatable bonds is 4. The molecule has 2 saturated carbocycles. The third-order valence-electron chi connectivity index (χ3n) is 5.53. The normalized spacial score (nSPS) is 28.1. The molecule has 3 rings (SSSR count). The van der Waals surface area contributed by atoms with Gasteiger partial charge < -0.3 is 0 Å². The molecule has 0 radical (unpaired) electrons. The first-order valence-corrected chi connectivity index (χ1v) is 8.46. The molecule has 0 amide bonds. The molecule has 0 spiro atoms. The third kappa shape index (κ3) is 3.04. The summed E-state index contributed by atoms with van der Waals surface area (Å²) in [5.74, 6) is 2.76. The lowest BCUT2D eigenvalue weighted by Gasteiger charge is -2.29. The second-order valence-electron chi connectivity index (χ2n) is 6.80. The molecule has 0 nitrogen and oxygen atoms in total. The van der Waals surface area contributed by atoms with Crippen molar-refractivity contribution in [3.05, 3.63) is 35.4 Å². The van der Waals surface area contributed by atoms with Crippen LogP contribution in [-0.2, 0) is 0 Å². The second kappa shape index (κ2) is 6.11. The van der Waals surface area contributed by atoms with Gasteiger partial charge in [0.15, 0.2) is 0 Å². The Morgan fingerprint density at radius 1 is 0.789 bits per heavy atom. The summed E-state index contributed by atoms with van der Waals surface area (Å²) in [6.07, 6.45) is 12.9. The number of hydrogen-bond acceptors (Lipinski definition) is 0. The first kappa shape index (κ1) is 13.2. The van der Waals surface area contributed by atoms with Crippen LogP contribution in [0.15, 0.2) is 24.3 Å². The average Bonchev–Trinajstić information content (AvgIpc) is 2.39. The topological polar surface area (TPSA) is 0 Å². The molecule has 0 atom stereocenters. The first-order chi connectivity index (χ1) is 9.36. The van der Waals surface area contributed by atoms with Crippen LogP contribution in [-0.4, -0.2) is 0 Å². The van der Waals surface area contributed by atoms with Crippen LogP contribution in [0.3, 0.4) is 0 Å². The molecule has 0 N–H and O–H groups in total. The maximum absolute atomic E-state index is 2.43. The fraction of sp³-hybridized carbons (Fsp3) is 0.684. The van der Waals surface area contributed by atoms with Gasteiger partial charge in [0.1, 0.15) is 0 Å². The zero-order valence-corrected chi connectivity index (χ0v) is 12.4. The highest BCUT2D eigenvalue weighted by atomic mass is 14.3. The molecule has 0 heterocycles. The molecule has 1 aromatic rings. The van der Waals surface area contributed by atoms with Crippen LogP contribution in [0.5, 0.6) is 0 Å². The van der Waals surface area contributed by atoms with Crippen molar-refractivity contribution < 1.29 is 0 Å². The van der Waals surface area contributed by atoms with Gasteiger partial charge in [0.25, 0.3) is 0 Å². The molecule has 0 aliphatic heterocycles. The van der Waals surface area contributed by atoms with Crippen molar-refractivity contribution in [2.75, 3.05) is 0 Å². The van der Waals surface area contributed by atoms with Crippen molar-refractivity contribution in [2.24, 2.45) is 5.92 Å². The standard InChI is InChI=1S/C19H28/c1-2-4-15-7-9-17(10-8-15)19-13-11-18(12-14-19)16-5-3-6-16/h11-17H,2-10H2,1H3. The van der Waals surface area contributed by atoms with Crippen LogP contribution in [0, 0.1) is 5.92 Å². The van der Waals surface area contributed by atoms with Crippen molar-refractivity contribution in [1.29, 1.82) is 0 Å². The quantitative estimate of drug-likeness (QED) is 0.617. The van der Waals surface area contributed by atoms with E-state index in [-0.39, 0.29) is 0 Å². The van der Waals surface area contributed by atoms with Crippen LogP contribution in [0.4, 0.5) is 0 Å². The van der Waals surface area contributed by atoms with Gasteiger partial charge in [0, 0.05) is 0 Å². The minimum atomic E-state index is 0.851. The molecule has 2 aliphatic rings. The summed E-state index contributed by atoms with van der Waals surface area (Å²) in [7, 11) is 0. The molecule has 0 heteroatoms. The van der Waals surface area contributed by atoms with E-state index in [0.717, 1.165) is 17.8 Å². The van der Waals surface area contributed by atoms with Crippen LogP contribution in [0.2, 0.25) is 0 Å². The predicted molar refractivity (Wildman–Crippen MR) is 82.6 cm³/mol. The Morgan fingerprint density at radius 2 is 1.32 bits per heavy atom. The lowest BCUT2D eigenvalue weighted by molar-refractivity contribution is 0.308. The second-order valence-corrected chi connectivity index (χ2v) is 6.80. The van der Waals surface area contributed by atoms with E-state index in [9.17, 15) is 0 Å². The van der Waals surface area contributed by atoms with E-state index in [0.29, 0.717) is 0 Å². The van der Waals surface area contributed by atoms with Gasteiger partial charge in [-0.3, -0.25) is 0 Å². The summed E-state index contributed by atoms with van der Waals surface area (Å²) < 4.78 is 0. The van der Waals surface area contributed by atoms with Crippen LogP contribution in [0.1, 0.15) is 87.7 Å². The lowest BCUT2D eigenvalue weighted by atomic mass is 9.76.